The Morgan fingerprint density at radius 3 is 2.63 bits per heavy atom. The first-order valence-corrected chi connectivity index (χ1v) is 8.51. The second-order valence-corrected chi connectivity index (χ2v) is 6.53. The largest absolute Gasteiger partial charge is 0.508 e. The second kappa shape index (κ2) is 6.32. The van der Waals surface area contributed by atoms with Crippen molar-refractivity contribution in [2.24, 2.45) is 14.1 Å². The lowest BCUT2D eigenvalue weighted by molar-refractivity contribution is 0.450. The van der Waals surface area contributed by atoms with Gasteiger partial charge in [0.25, 0.3) is 11.1 Å². The van der Waals surface area contributed by atoms with Crippen molar-refractivity contribution < 1.29 is 9.84 Å². The number of hydrogen-bond donors (Lipinski definition) is 1. The van der Waals surface area contributed by atoms with Crippen molar-refractivity contribution in [2.75, 3.05) is 0 Å². The molecule has 0 atom stereocenters. The highest BCUT2D eigenvalue weighted by Gasteiger charge is 2.21. The molecule has 0 saturated carbocycles. The highest BCUT2D eigenvalue weighted by atomic mass is 16.5. The van der Waals surface area contributed by atoms with Gasteiger partial charge in [-0.05, 0) is 30.2 Å². The summed E-state index contributed by atoms with van der Waals surface area (Å²) in [6, 6.07) is 8.08. The van der Waals surface area contributed by atoms with Crippen molar-refractivity contribution in [3.8, 4) is 28.4 Å². The van der Waals surface area contributed by atoms with Crippen LogP contribution in [-0.2, 0) is 20.5 Å². The van der Waals surface area contributed by atoms with Crippen molar-refractivity contribution in [2.45, 2.75) is 6.42 Å². The van der Waals surface area contributed by atoms with E-state index in [0.717, 1.165) is 11.1 Å². The number of phenolic OH excluding ortho intramolecular Hbond substituents is 1. The average molecular weight is 362 g/mol. The van der Waals surface area contributed by atoms with Gasteiger partial charge in [-0.2, -0.15) is 0 Å². The van der Waals surface area contributed by atoms with Crippen molar-refractivity contribution in [1.82, 2.24) is 9.13 Å². The lowest BCUT2D eigenvalue weighted by Crippen LogP contribution is -2.22. The molecule has 0 saturated heterocycles. The molecule has 6 nitrogen and oxygen atoms in total. The zero-order valence-corrected chi connectivity index (χ0v) is 15.0. The molecule has 27 heavy (non-hydrogen) atoms. The molecule has 1 aromatic carbocycles. The summed E-state index contributed by atoms with van der Waals surface area (Å²) in [6.45, 7) is 0. The Hall–Kier alpha value is -3.54. The number of ether oxygens (including phenoxy) is 1. The third-order valence-corrected chi connectivity index (χ3v) is 4.67. The number of aryl methyl sites for hydroxylation is 2. The number of allylic oxidation sites excluding steroid dienone is 1. The molecule has 6 heteroatoms. The summed E-state index contributed by atoms with van der Waals surface area (Å²) < 4.78 is 8.84. The molecule has 1 aliphatic rings. The van der Waals surface area contributed by atoms with Crippen molar-refractivity contribution >= 4 is 6.08 Å². The normalized spacial score (nSPS) is 12.2. The molecule has 0 bridgehead atoms. The topological polar surface area (TPSA) is 73.5 Å². The Morgan fingerprint density at radius 1 is 1.04 bits per heavy atom. The molecule has 4 rings (SSSR count). The molecule has 1 aliphatic carbocycles. The quantitative estimate of drug-likeness (QED) is 0.778. The van der Waals surface area contributed by atoms with Crippen molar-refractivity contribution in [3.05, 3.63) is 80.6 Å². The van der Waals surface area contributed by atoms with Crippen LogP contribution in [0.2, 0.25) is 0 Å². The number of phenols is 1. The molecule has 2 aromatic heterocycles. The first-order valence-electron chi connectivity index (χ1n) is 8.51. The predicted octanol–water partition coefficient (Wildman–Crippen LogP) is 2.82. The molecule has 1 N–H and O–H groups in total. The molecule has 0 unspecified atom stereocenters. The standard InChI is InChI=1S/C21H18N2O4/c1-22-10-9-16(18-12-23(2)20(25)17-8-4-7-15(17)18)19(21(22)26)27-14-6-3-5-13(24)11-14/h3-7,9-12,24H,8H2,1-2H3. The van der Waals surface area contributed by atoms with E-state index >= 15 is 0 Å². The number of nitrogens with zero attached hydrogens (tertiary/aromatic N) is 2. The van der Waals surface area contributed by atoms with Gasteiger partial charge in [-0.15, -0.1) is 0 Å². The average Bonchev–Trinajstić information content (AvgIpc) is 3.13. The Morgan fingerprint density at radius 2 is 1.85 bits per heavy atom. The van der Waals surface area contributed by atoms with Gasteiger partial charge in [-0.1, -0.05) is 18.2 Å². The molecule has 0 radical (unpaired) electrons. The summed E-state index contributed by atoms with van der Waals surface area (Å²) in [5, 5.41) is 9.68. The molecular formula is C21H18N2O4. The lowest BCUT2D eigenvalue weighted by Gasteiger charge is -2.15. The van der Waals surface area contributed by atoms with Crippen LogP contribution in [0.1, 0.15) is 11.1 Å². The SMILES string of the molecule is Cn1cc(-c2ccn(C)c(=O)c2Oc2cccc(O)c2)c2c(c1=O)CC=C2. The van der Waals surface area contributed by atoms with E-state index in [-0.39, 0.29) is 22.6 Å². The van der Waals surface area contributed by atoms with Crippen LogP contribution in [0.15, 0.2) is 58.4 Å². The maximum Gasteiger partial charge on any atom is 0.293 e. The fraction of sp³-hybridized carbons (Fsp3) is 0.143. The fourth-order valence-corrected chi connectivity index (χ4v) is 3.29. The summed E-state index contributed by atoms with van der Waals surface area (Å²) in [7, 11) is 3.34. The molecular weight excluding hydrogens is 344 g/mol. The van der Waals surface area contributed by atoms with Crippen LogP contribution in [0.25, 0.3) is 17.2 Å². The number of hydrogen-bond acceptors (Lipinski definition) is 4. The van der Waals surface area contributed by atoms with Crippen LogP contribution in [0.5, 0.6) is 17.2 Å². The van der Waals surface area contributed by atoms with Gasteiger partial charge in [0.2, 0.25) is 0 Å². The van der Waals surface area contributed by atoms with E-state index in [1.807, 2.05) is 12.2 Å². The summed E-state index contributed by atoms with van der Waals surface area (Å²) in [4.78, 5) is 25.2. The fourth-order valence-electron chi connectivity index (χ4n) is 3.29. The van der Waals surface area contributed by atoms with Crippen LogP contribution in [-0.4, -0.2) is 14.2 Å². The Labute approximate surface area is 155 Å². The Kier molecular flexibility index (Phi) is 3.96. The summed E-state index contributed by atoms with van der Waals surface area (Å²) in [5.74, 6) is 0.552. The predicted molar refractivity (Wildman–Crippen MR) is 103 cm³/mol. The zero-order chi connectivity index (χ0) is 19.1. The molecule has 0 amide bonds. The minimum Gasteiger partial charge on any atom is -0.508 e. The van der Waals surface area contributed by atoms with Crippen LogP contribution in [0, 0.1) is 0 Å². The Balaban J connectivity index is 1.96. The highest BCUT2D eigenvalue weighted by Crippen LogP contribution is 2.35. The molecule has 2 heterocycles. The van der Waals surface area contributed by atoms with Crippen LogP contribution < -0.4 is 15.9 Å². The first-order chi connectivity index (χ1) is 13.0. The molecule has 0 fully saturated rings. The van der Waals surface area contributed by atoms with E-state index in [9.17, 15) is 14.7 Å². The van der Waals surface area contributed by atoms with Gasteiger partial charge < -0.3 is 19.0 Å². The zero-order valence-electron chi connectivity index (χ0n) is 15.0. The minimum absolute atomic E-state index is 0.0435. The van der Waals surface area contributed by atoms with Gasteiger partial charge in [0, 0.05) is 49.2 Å². The third-order valence-electron chi connectivity index (χ3n) is 4.67. The van der Waals surface area contributed by atoms with E-state index < -0.39 is 0 Å². The van der Waals surface area contributed by atoms with E-state index in [2.05, 4.69) is 0 Å². The summed E-state index contributed by atoms with van der Waals surface area (Å²) >= 11 is 0. The van der Waals surface area contributed by atoms with Gasteiger partial charge >= 0.3 is 0 Å². The molecule has 0 spiro atoms. The monoisotopic (exact) mass is 362 g/mol. The van der Waals surface area contributed by atoms with Gasteiger partial charge in [0.15, 0.2) is 5.75 Å². The third kappa shape index (κ3) is 2.85. The number of rotatable bonds is 3. The maximum absolute atomic E-state index is 12.8. The highest BCUT2D eigenvalue weighted by molar-refractivity contribution is 5.81. The maximum atomic E-state index is 12.8. The van der Waals surface area contributed by atoms with Crippen molar-refractivity contribution in [3.63, 3.8) is 0 Å². The lowest BCUT2D eigenvalue weighted by atomic mass is 9.99. The number of aromatic hydroxyl groups is 1. The molecule has 3 aromatic rings. The summed E-state index contributed by atoms with van der Waals surface area (Å²) in [6.07, 6.45) is 7.81. The number of benzene rings is 1. The van der Waals surface area contributed by atoms with E-state index in [1.54, 1.807) is 44.7 Å². The summed E-state index contributed by atoms with van der Waals surface area (Å²) in [5.41, 5.74) is 2.53. The number of pyridine rings is 2. The first kappa shape index (κ1) is 16.9. The molecule has 136 valence electrons. The smallest absolute Gasteiger partial charge is 0.293 e. The van der Waals surface area contributed by atoms with E-state index in [1.165, 1.54) is 21.3 Å². The molecule has 0 aliphatic heterocycles. The number of aromatic nitrogens is 2. The van der Waals surface area contributed by atoms with E-state index in [4.69, 9.17) is 4.74 Å². The van der Waals surface area contributed by atoms with Crippen LogP contribution >= 0.6 is 0 Å². The number of fused-ring (bicyclic) bond motifs is 1. The van der Waals surface area contributed by atoms with Crippen molar-refractivity contribution in [1.29, 1.82) is 0 Å². The van der Waals surface area contributed by atoms with Gasteiger partial charge in [0.1, 0.15) is 11.5 Å². The van der Waals surface area contributed by atoms with Crippen LogP contribution in [0.4, 0.5) is 0 Å². The van der Waals surface area contributed by atoms with Gasteiger partial charge in [-0.3, -0.25) is 9.59 Å². The van der Waals surface area contributed by atoms with E-state index in [0.29, 0.717) is 23.3 Å². The Bertz CT molecular complexity index is 1200. The minimum atomic E-state index is -0.305. The second-order valence-electron chi connectivity index (χ2n) is 6.53. The van der Waals surface area contributed by atoms with Crippen LogP contribution in [0.3, 0.4) is 0 Å². The van der Waals surface area contributed by atoms with Gasteiger partial charge in [-0.25, -0.2) is 0 Å². The van der Waals surface area contributed by atoms with Gasteiger partial charge in [0.05, 0.1) is 0 Å².